The molecule has 0 atom stereocenters. The first-order valence-corrected chi connectivity index (χ1v) is 6.82. The zero-order valence-electron chi connectivity index (χ0n) is 11.1. The van der Waals surface area contributed by atoms with Crippen molar-refractivity contribution in [2.45, 2.75) is 6.92 Å². The fourth-order valence-electron chi connectivity index (χ4n) is 1.81. The normalized spacial score (nSPS) is 10.2. The molecule has 2 rings (SSSR count). The quantitative estimate of drug-likeness (QED) is 0.792. The number of phenols is 1. The fourth-order valence-corrected chi connectivity index (χ4v) is 2.16. The van der Waals surface area contributed by atoms with Gasteiger partial charge in [0.05, 0.1) is 11.3 Å². The van der Waals surface area contributed by atoms with Gasteiger partial charge in [-0.15, -0.1) is 0 Å². The lowest BCUT2D eigenvalue weighted by Gasteiger charge is -2.10. The largest absolute Gasteiger partial charge is 0.508 e. The number of phenolic OH excluding ortho intramolecular Hbond substituents is 1. The van der Waals surface area contributed by atoms with Gasteiger partial charge in [-0.1, -0.05) is 6.07 Å². The summed E-state index contributed by atoms with van der Waals surface area (Å²) in [5.74, 6) is -1.47. The van der Waals surface area contributed by atoms with Crippen molar-refractivity contribution in [1.29, 1.82) is 0 Å². The Bertz CT molecular complexity index is 728. The van der Waals surface area contributed by atoms with Gasteiger partial charge < -0.3 is 15.5 Å². The van der Waals surface area contributed by atoms with E-state index < -0.39 is 11.9 Å². The van der Waals surface area contributed by atoms with Gasteiger partial charge in [0.1, 0.15) is 5.75 Å². The number of benzene rings is 2. The number of carbonyl (C=O) groups is 2. The van der Waals surface area contributed by atoms with Crippen molar-refractivity contribution in [1.82, 2.24) is 0 Å². The summed E-state index contributed by atoms with van der Waals surface area (Å²) in [4.78, 5) is 23.2. The summed E-state index contributed by atoms with van der Waals surface area (Å²) in [6, 6.07) is 8.99. The van der Waals surface area contributed by atoms with E-state index in [0.717, 1.165) is 0 Å². The van der Waals surface area contributed by atoms with Gasteiger partial charge in [0.25, 0.3) is 5.91 Å². The highest BCUT2D eigenvalue weighted by atomic mass is 79.9. The third kappa shape index (κ3) is 3.22. The Kier molecular flexibility index (Phi) is 4.28. The standard InChI is InChI=1S/C15H12BrNO4/c1-8-10(3-2-4-13(8)18)14(19)17-12-7-9(15(20)21)5-6-11(12)16/h2-7,18H,1H3,(H,17,19)(H,20,21). The van der Waals surface area contributed by atoms with Crippen molar-refractivity contribution in [3.63, 3.8) is 0 Å². The van der Waals surface area contributed by atoms with Gasteiger partial charge in [-0.05, 0) is 53.2 Å². The van der Waals surface area contributed by atoms with Crippen LogP contribution in [0.2, 0.25) is 0 Å². The predicted octanol–water partition coefficient (Wildman–Crippen LogP) is 3.41. The molecule has 0 saturated heterocycles. The highest BCUT2D eigenvalue weighted by molar-refractivity contribution is 9.10. The van der Waals surface area contributed by atoms with Crippen molar-refractivity contribution in [2.24, 2.45) is 0 Å². The van der Waals surface area contributed by atoms with E-state index in [2.05, 4.69) is 21.2 Å². The predicted molar refractivity (Wildman–Crippen MR) is 81.9 cm³/mol. The van der Waals surface area contributed by atoms with Crippen LogP contribution >= 0.6 is 15.9 Å². The van der Waals surface area contributed by atoms with Crippen molar-refractivity contribution in [3.05, 3.63) is 57.6 Å². The van der Waals surface area contributed by atoms with Gasteiger partial charge in [-0.3, -0.25) is 4.79 Å². The minimum Gasteiger partial charge on any atom is -0.508 e. The maximum Gasteiger partial charge on any atom is 0.335 e. The first-order chi connectivity index (χ1) is 9.90. The molecule has 0 heterocycles. The molecule has 0 unspecified atom stereocenters. The Balaban J connectivity index is 2.33. The van der Waals surface area contributed by atoms with E-state index in [1.165, 1.54) is 18.2 Å². The van der Waals surface area contributed by atoms with E-state index in [1.807, 2.05) is 0 Å². The smallest absolute Gasteiger partial charge is 0.335 e. The van der Waals surface area contributed by atoms with Crippen LogP contribution in [-0.4, -0.2) is 22.1 Å². The van der Waals surface area contributed by atoms with E-state index in [4.69, 9.17) is 5.11 Å². The van der Waals surface area contributed by atoms with Crippen molar-refractivity contribution < 1.29 is 19.8 Å². The number of hydrogen-bond acceptors (Lipinski definition) is 3. The van der Waals surface area contributed by atoms with Crippen LogP contribution in [0.3, 0.4) is 0 Å². The molecule has 0 aliphatic heterocycles. The van der Waals surface area contributed by atoms with Crippen LogP contribution in [-0.2, 0) is 0 Å². The second kappa shape index (κ2) is 5.97. The third-order valence-corrected chi connectivity index (χ3v) is 3.70. The molecule has 5 nitrogen and oxygen atoms in total. The summed E-state index contributed by atoms with van der Waals surface area (Å²) in [5, 5.41) is 21.2. The van der Waals surface area contributed by atoms with Crippen molar-refractivity contribution >= 4 is 33.5 Å². The molecular formula is C15H12BrNO4. The molecule has 0 spiro atoms. The van der Waals surface area contributed by atoms with Crippen molar-refractivity contribution in [2.75, 3.05) is 5.32 Å². The molecule has 0 aliphatic carbocycles. The molecule has 1 amide bonds. The number of nitrogens with one attached hydrogen (secondary N) is 1. The molecule has 0 bridgehead atoms. The molecule has 0 aromatic heterocycles. The lowest BCUT2D eigenvalue weighted by Crippen LogP contribution is -2.14. The van der Waals surface area contributed by atoms with E-state index in [0.29, 0.717) is 21.3 Å². The summed E-state index contributed by atoms with van der Waals surface area (Å²) in [5.41, 5.74) is 1.20. The van der Waals surface area contributed by atoms with E-state index in [1.54, 1.807) is 25.1 Å². The number of rotatable bonds is 3. The average molecular weight is 350 g/mol. The number of halogens is 1. The summed E-state index contributed by atoms with van der Waals surface area (Å²) < 4.78 is 0.568. The third-order valence-electron chi connectivity index (χ3n) is 3.01. The highest BCUT2D eigenvalue weighted by Crippen LogP contribution is 2.26. The van der Waals surface area contributed by atoms with E-state index in [-0.39, 0.29) is 11.3 Å². The Morgan fingerprint density at radius 2 is 1.90 bits per heavy atom. The van der Waals surface area contributed by atoms with Crippen LogP contribution in [0.4, 0.5) is 5.69 Å². The minimum absolute atomic E-state index is 0.0287. The molecule has 0 fully saturated rings. The lowest BCUT2D eigenvalue weighted by atomic mass is 10.1. The molecule has 0 radical (unpaired) electrons. The molecule has 2 aromatic rings. The zero-order chi connectivity index (χ0) is 15.6. The van der Waals surface area contributed by atoms with Crippen LogP contribution in [0.25, 0.3) is 0 Å². The number of carboxylic acids is 1. The highest BCUT2D eigenvalue weighted by Gasteiger charge is 2.14. The first kappa shape index (κ1) is 15.1. The lowest BCUT2D eigenvalue weighted by molar-refractivity contribution is 0.0696. The molecule has 0 saturated carbocycles. The van der Waals surface area contributed by atoms with E-state index >= 15 is 0 Å². The van der Waals surface area contributed by atoms with Gasteiger partial charge in [0, 0.05) is 15.6 Å². The maximum atomic E-state index is 12.2. The number of amides is 1. The summed E-state index contributed by atoms with van der Waals surface area (Å²) in [6.45, 7) is 1.63. The van der Waals surface area contributed by atoms with Crippen LogP contribution < -0.4 is 5.32 Å². The topological polar surface area (TPSA) is 86.6 Å². The van der Waals surface area contributed by atoms with Gasteiger partial charge in [-0.25, -0.2) is 4.79 Å². The van der Waals surface area contributed by atoms with Crippen LogP contribution in [0.5, 0.6) is 5.75 Å². The second-order valence-electron chi connectivity index (χ2n) is 4.40. The average Bonchev–Trinajstić information content (AvgIpc) is 2.43. The summed E-state index contributed by atoms with van der Waals surface area (Å²) in [6.07, 6.45) is 0. The van der Waals surface area contributed by atoms with Gasteiger partial charge in [-0.2, -0.15) is 0 Å². The Morgan fingerprint density at radius 1 is 1.19 bits per heavy atom. The number of carboxylic acid groups (broad SMARTS) is 1. The number of hydrogen-bond donors (Lipinski definition) is 3. The molecular weight excluding hydrogens is 338 g/mol. The first-order valence-electron chi connectivity index (χ1n) is 6.03. The second-order valence-corrected chi connectivity index (χ2v) is 5.26. The number of aromatic hydroxyl groups is 1. The van der Waals surface area contributed by atoms with Crippen molar-refractivity contribution in [3.8, 4) is 5.75 Å². The van der Waals surface area contributed by atoms with Gasteiger partial charge >= 0.3 is 5.97 Å². The molecule has 0 aliphatic rings. The Labute approximate surface area is 129 Å². The van der Waals surface area contributed by atoms with Crippen LogP contribution in [0.1, 0.15) is 26.3 Å². The molecule has 108 valence electrons. The monoisotopic (exact) mass is 349 g/mol. The Morgan fingerprint density at radius 3 is 2.57 bits per heavy atom. The zero-order valence-corrected chi connectivity index (χ0v) is 12.6. The SMILES string of the molecule is Cc1c(O)cccc1C(=O)Nc1cc(C(=O)O)ccc1Br. The van der Waals surface area contributed by atoms with Crippen LogP contribution in [0, 0.1) is 6.92 Å². The molecule has 21 heavy (non-hydrogen) atoms. The number of aromatic carboxylic acids is 1. The minimum atomic E-state index is -1.08. The maximum absolute atomic E-state index is 12.2. The van der Waals surface area contributed by atoms with Gasteiger partial charge in [0.15, 0.2) is 0 Å². The fraction of sp³-hybridized carbons (Fsp3) is 0.0667. The molecule has 6 heteroatoms. The molecule has 2 aromatic carbocycles. The number of carbonyl (C=O) groups excluding carboxylic acids is 1. The Hall–Kier alpha value is -2.34. The van der Waals surface area contributed by atoms with Gasteiger partial charge in [0.2, 0.25) is 0 Å². The summed E-state index contributed by atoms with van der Waals surface area (Å²) in [7, 11) is 0. The molecule has 3 N–H and O–H groups in total. The van der Waals surface area contributed by atoms with Crippen LogP contribution in [0.15, 0.2) is 40.9 Å². The van der Waals surface area contributed by atoms with E-state index in [9.17, 15) is 14.7 Å². The summed E-state index contributed by atoms with van der Waals surface area (Å²) >= 11 is 3.26. The number of anilines is 1.